The van der Waals surface area contributed by atoms with Crippen LogP contribution in [0.15, 0.2) is 36.4 Å². The van der Waals surface area contributed by atoms with Crippen LogP contribution in [0.3, 0.4) is 0 Å². The van der Waals surface area contributed by atoms with E-state index < -0.39 is 12.6 Å². The van der Waals surface area contributed by atoms with Crippen LogP contribution in [0, 0.1) is 20.7 Å². The summed E-state index contributed by atoms with van der Waals surface area (Å²) in [5.74, 6) is -0.656. The summed E-state index contributed by atoms with van der Waals surface area (Å²) < 4.78 is 19.2. The minimum Gasteiger partial charge on any atom is -0.481 e. The number of nitrogens with one attached hydrogen (secondary N) is 1. The number of carboxylic acid groups (broad SMARTS) is 1. The summed E-state index contributed by atoms with van der Waals surface area (Å²) in [5.41, 5.74) is 2.08. The summed E-state index contributed by atoms with van der Waals surface area (Å²) in [6.45, 7) is -0.426. The topological polar surface area (TPSA) is 99.0 Å². The first-order chi connectivity index (χ1) is 12.5. The van der Waals surface area contributed by atoms with Crippen LogP contribution in [0.4, 0.5) is 4.39 Å². The van der Waals surface area contributed by atoms with Crippen LogP contribution in [-0.2, 0) is 4.79 Å². The van der Waals surface area contributed by atoms with Crippen LogP contribution >= 0.6 is 22.6 Å². The number of nitriles is 1. The zero-order valence-corrected chi connectivity index (χ0v) is 15.3. The predicted octanol–water partition coefficient (Wildman–Crippen LogP) is 3.83. The zero-order valence-electron chi connectivity index (χ0n) is 13.2. The van der Waals surface area contributed by atoms with Crippen molar-refractivity contribution in [3.63, 3.8) is 0 Å². The van der Waals surface area contributed by atoms with E-state index >= 15 is 0 Å². The quantitative estimate of drug-likeness (QED) is 0.443. The highest BCUT2D eigenvalue weighted by atomic mass is 127. The number of hydrogen-bond acceptors (Lipinski definition) is 4. The number of allylic oxidation sites excluding steroid dienone is 1. The predicted molar refractivity (Wildman–Crippen MR) is 102 cm³/mol. The molecule has 0 aliphatic heterocycles. The molecule has 3 aromatic rings. The Kier molecular flexibility index (Phi) is 5.18. The average Bonchev–Trinajstić information content (AvgIpc) is 3.01. The molecule has 0 bridgehead atoms. The summed E-state index contributed by atoms with van der Waals surface area (Å²) in [6, 6.07) is 11.3. The molecular formula is C18H11FIN3O3. The molecule has 0 atom stereocenters. The fraction of sp³-hybridized carbons (Fsp3) is 0.0556. The van der Waals surface area contributed by atoms with E-state index in [0.29, 0.717) is 26.2 Å². The van der Waals surface area contributed by atoms with E-state index in [2.05, 4.69) is 16.0 Å². The standard InChI is InChI=1S/C18H11FIN3O3/c19-12-2-3-14-15(7-12)23-18(22-14)11(8-21)5-10-1-4-16(13(20)6-10)26-9-17(24)25/h1-7H,9H2,(H,22,23)(H,24,25)/b11-5-. The normalized spacial score (nSPS) is 11.3. The zero-order chi connectivity index (χ0) is 18.7. The van der Waals surface area contributed by atoms with Gasteiger partial charge in [0.05, 0.1) is 20.2 Å². The molecule has 0 amide bonds. The van der Waals surface area contributed by atoms with Crippen molar-refractivity contribution in [1.82, 2.24) is 9.97 Å². The molecule has 1 heterocycles. The Balaban J connectivity index is 1.92. The lowest BCUT2D eigenvalue weighted by molar-refractivity contribution is -0.139. The molecular weight excluding hydrogens is 452 g/mol. The van der Waals surface area contributed by atoms with Crippen LogP contribution in [0.2, 0.25) is 0 Å². The number of H-pyrrole nitrogens is 1. The third kappa shape index (κ3) is 4.00. The molecule has 130 valence electrons. The van der Waals surface area contributed by atoms with Gasteiger partial charge in [0.2, 0.25) is 0 Å². The van der Waals surface area contributed by atoms with Gasteiger partial charge in [-0.05, 0) is 64.6 Å². The van der Waals surface area contributed by atoms with Crippen LogP contribution in [0.1, 0.15) is 11.4 Å². The van der Waals surface area contributed by atoms with Gasteiger partial charge in [-0.3, -0.25) is 0 Å². The number of aromatic nitrogens is 2. The highest BCUT2D eigenvalue weighted by Crippen LogP contribution is 2.25. The number of nitrogens with zero attached hydrogens (tertiary/aromatic N) is 2. The lowest BCUT2D eigenvalue weighted by Gasteiger charge is -2.06. The van der Waals surface area contributed by atoms with Crippen LogP contribution in [-0.4, -0.2) is 27.7 Å². The SMILES string of the molecule is N#C/C(=C/c1ccc(OCC(=O)O)c(I)c1)c1nc2ccc(F)cc2[nH]1. The molecule has 0 fully saturated rings. The summed E-state index contributed by atoms with van der Waals surface area (Å²) in [4.78, 5) is 17.8. The Bertz CT molecular complexity index is 1070. The first kappa shape index (κ1) is 17.9. The molecule has 0 aliphatic carbocycles. The third-order valence-corrected chi connectivity index (χ3v) is 4.28. The number of ether oxygens (including phenoxy) is 1. The summed E-state index contributed by atoms with van der Waals surface area (Å²) in [5, 5.41) is 18.1. The maximum absolute atomic E-state index is 13.3. The average molecular weight is 463 g/mol. The Morgan fingerprint density at radius 3 is 2.88 bits per heavy atom. The second-order valence-corrected chi connectivity index (χ2v) is 6.45. The number of aromatic amines is 1. The second-order valence-electron chi connectivity index (χ2n) is 5.29. The highest BCUT2D eigenvalue weighted by Gasteiger charge is 2.10. The largest absolute Gasteiger partial charge is 0.481 e. The Labute approximate surface area is 161 Å². The van der Waals surface area contributed by atoms with Gasteiger partial charge >= 0.3 is 5.97 Å². The van der Waals surface area contributed by atoms with E-state index in [9.17, 15) is 14.4 Å². The molecule has 8 heteroatoms. The minimum atomic E-state index is -1.06. The first-order valence-corrected chi connectivity index (χ1v) is 8.46. The molecule has 0 spiro atoms. The van der Waals surface area contributed by atoms with Gasteiger partial charge in [0.1, 0.15) is 23.5 Å². The number of imidazole rings is 1. The molecule has 2 aromatic carbocycles. The van der Waals surface area contributed by atoms with Crippen molar-refractivity contribution < 1.29 is 19.0 Å². The van der Waals surface area contributed by atoms with Gasteiger partial charge in [0, 0.05) is 0 Å². The number of carbonyl (C=O) groups is 1. The number of fused-ring (bicyclic) bond motifs is 1. The van der Waals surface area contributed by atoms with Crippen LogP contribution in [0.25, 0.3) is 22.7 Å². The monoisotopic (exact) mass is 463 g/mol. The van der Waals surface area contributed by atoms with Crippen LogP contribution in [0.5, 0.6) is 5.75 Å². The summed E-state index contributed by atoms with van der Waals surface area (Å²) >= 11 is 2.03. The van der Waals surface area contributed by atoms with Gasteiger partial charge in [0.25, 0.3) is 0 Å². The van der Waals surface area contributed by atoms with Gasteiger partial charge < -0.3 is 14.8 Å². The van der Waals surface area contributed by atoms with E-state index in [1.54, 1.807) is 24.3 Å². The molecule has 0 aliphatic rings. The van der Waals surface area contributed by atoms with Gasteiger partial charge in [0.15, 0.2) is 6.61 Å². The molecule has 2 N–H and O–H groups in total. The Morgan fingerprint density at radius 1 is 1.38 bits per heavy atom. The van der Waals surface area contributed by atoms with E-state index in [1.807, 2.05) is 22.6 Å². The van der Waals surface area contributed by atoms with Crippen molar-refractivity contribution in [3.8, 4) is 11.8 Å². The van der Waals surface area contributed by atoms with E-state index in [1.165, 1.54) is 18.2 Å². The Morgan fingerprint density at radius 2 is 2.19 bits per heavy atom. The van der Waals surface area contributed by atoms with Crippen LogP contribution < -0.4 is 4.74 Å². The summed E-state index contributed by atoms with van der Waals surface area (Å²) in [7, 11) is 0. The van der Waals surface area contributed by atoms with Gasteiger partial charge in [-0.25, -0.2) is 14.2 Å². The molecule has 26 heavy (non-hydrogen) atoms. The number of aliphatic carboxylic acids is 1. The van der Waals surface area contributed by atoms with Gasteiger partial charge in [-0.15, -0.1) is 0 Å². The second kappa shape index (κ2) is 7.53. The Hall–Kier alpha value is -2.93. The van der Waals surface area contributed by atoms with Crippen molar-refractivity contribution in [2.45, 2.75) is 0 Å². The maximum atomic E-state index is 13.3. The van der Waals surface area contributed by atoms with Crippen molar-refractivity contribution >= 4 is 51.2 Å². The molecule has 0 unspecified atom stereocenters. The molecule has 0 radical (unpaired) electrons. The number of rotatable bonds is 5. The number of halogens is 2. The minimum absolute atomic E-state index is 0.289. The number of carboxylic acids is 1. The fourth-order valence-electron chi connectivity index (χ4n) is 2.29. The van der Waals surface area contributed by atoms with E-state index in [0.717, 1.165) is 5.56 Å². The van der Waals surface area contributed by atoms with Crippen molar-refractivity contribution in [2.24, 2.45) is 0 Å². The van der Waals surface area contributed by atoms with Crippen molar-refractivity contribution in [2.75, 3.05) is 6.61 Å². The number of hydrogen-bond donors (Lipinski definition) is 2. The lowest BCUT2D eigenvalue weighted by Crippen LogP contribution is -2.10. The molecule has 6 nitrogen and oxygen atoms in total. The fourth-order valence-corrected chi connectivity index (χ4v) is 2.99. The van der Waals surface area contributed by atoms with Crippen molar-refractivity contribution in [3.05, 3.63) is 57.2 Å². The molecule has 0 saturated heterocycles. The first-order valence-electron chi connectivity index (χ1n) is 7.38. The maximum Gasteiger partial charge on any atom is 0.341 e. The highest BCUT2D eigenvalue weighted by molar-refractivity contribution is 14.1. The molecule has 3 rings (SSSR count). The van der Waals surface area contributed by atoms with E-state index in [-0.39, 0.29) is 11.4 Å². The number of benzene rings is 2. The third-order valence-electron chi connectivity index (χ3n) is 3.44. The molecule has 0 saturated carbocycles. The lowest BCUT2D eigenvalue weighted by atomic mass is 10.1. The summed E-state index contributed by atoms with van der Waals surface area (Å²) in [6.07, 6.45) is 1.64. The van der Waals surface area contributed by atoms with Gasteiger partial charge in [-0.2, -0.15) is 5.26 Å². The van der Waals surface area contributed by atoms with Crippen molar-refractivity contribution in [1.29, 1.82) is 5.26 Å². The smallest absolute Gasteiger partial charge is 0.341 e. The van der Waals surface area contributed by atoms with Gasteiger partial charge in [-0.1, -0.05) is 6.07 Å². The molecule has 1 aromatic heterocycles. The van der Waals surface area contributed by atoms with E-state index in [4.69, 9.17) is 9.84 Å².